The molecule has 1 unspecified atom stereocenters. The summed E-state index contributed by atoms with van der Waals surface area (Å²) in [5.74, 6) is 0. The van der Waals surface area contributed by atoms with Gasteiger partial charge in [-0.3, -0.25) is 0 Å². The maximum absolute atomic E-state index is 6.37. The first-order valence-electron chi connectivity index (χ1n) is 7.41. The molecule has 3 aromatic rings. The number of rotatable bonds is 5. The van der Waals surface area contributed by atoms with Gasteiger partial charge >= 0.3 is 0 Å². The lowest BCUT2D eigenvalue weighted by atomic mass is 10.0. The third-order valence-corrected chi connectivity index (χ3v) is 4.92. The van der Waals surface area contributed by atoms with Crippen LogP contribution < -0.4 is 5.73 Å². The fraction of sp³-hybridized carbons (Fsp3) is 0.100. The van der Waals surface area contributed by atoms with Crippen molar-refractivity contribution in [3.63, 3.8) is 0 Å². The van der Waals surface area contributed by atoms with E-state index in [0.29, 0.717) is 0 Å². The van der Waals surface area contributed by atoms with Crippen molar-refractivity contribution in [1.82, 2.24) is 0 Å². The molecular weight excluding hydrogens is 286 g/mol. The molecule has 2 N–H and O–H groups in total. The third-order valence-electron chi connectivity index (χ3n) is 3.68. The van der Waals surface area contributed by atoms with E-state index < -0.39 is 0 Å². The zero-order chi connectivity index (χ0) is 15.4. The van der Waals surface area contributed by atoms with Crippen LogP contribution in [0.5, 0.6) is 0 Å². The summed E-state index contributed by atoms with van der Waals surface area (Å²) in [6.07, 6.45) is 10.9. The van der Waals surface area contributed by atoms with Gasteiger partial charge in [0.1, 0.15) is 0 Å². The SMILES string of the molecule is C=C/C=C\C/C=C/C(N)c1cccc2c1sc1ccccc12. The Morgan fingerprint density at radius 3 is 2.73 bits per heavy atom. The Morgan fingerprint density at radius 2 is 1.86 bits per heavy atom. The van der Waals surface area contributed by atoms with Gasteiger partial charge < -0.3 is 5.73 Å². The monoisotopic (exact) mass is 305 g/mol. The van der Waals surface area contributed by atoms with Gasteiger partial charge in [-0.15, -0.1) is 11.3 Å². The maximum Gasteiger partial charge on any atom is 0.0495 e. The van der Waals surface area contributed by atoms with E-state index in [9.17, 15) is 0 Å². The average Bonchev–Trinajstić information content (AvgIpc) is 2.93. The van der Waals surface area contributed by atoms with Crippen LogP contribution >= 0.6 is 11.3 Å². The van der Waals surface area contributed by atoms with Gasteiger partial charge in [-0.05, 0) is 18.1 Å². The molecule has 110 valence electrons. The minimum absolute atomic E-state index is 0.0751. The summed E-state index contributed by atoms with van der Waals surface area (Å²) in [5.41, 5.74) is 7.57. The van der Waals surface area contributed by atoms with E-state index in [4.69, 9.17) is 5.73 Å². The number of fused-ring (bicyclic) bond motifs is 3. The summed E-state index contributed by atoms with van der Waals surface area (Å²) in [4.78, 5) is 0. The average molecular weight is 305 g/mol. The molecular formula is C20H19NS. The van der Waals surface area contributed by atoms with Crippen LogP contribution in [-0.4, -0.2) is 0 Å². The molecule has 0 aliphatic rings. The molecule has 1 heterocycles. The van der Waals surface area contributed by atoms with Gasteiger partial charge in [-0.2, -0.15) is 0 Å². The molecule has 0 aliphatic heterocycles. The smallest absolute Gasteiger partial charge is 0.0495 e. The number of allylic oxidation sites excluding steroid dienone is 4. The van der Waals surface area contributed by atoms with E-state index in [0.717, 1.165) is 6.42 Å². The van der Waals surface area contributed by atoms with Gasteiger partial charge in [0.25, 0.3) is 0 Å². The summed E-state index contributed by atoms with van der Waals surface area (Å²) >= 11 is 1.82. The number of hydrogen-bond donors (Lipinski definition) is 1. The molecule has 0 saturated heterocycles. The van der Waals surface area contributed by atoms with Crippen LogP contribution in [0.3, 0.4) is 0 Å². The topological polar surface area (TPSA) is 26.0 Å². The molecule has 1 atom stereocenters. The van der Waals surface area contributed by atoms with Crippen molar-refractivity contribution in [3.05, 3.63) is 85.0 Å². The molecule has 0 spiro atoms. The highest BCUT2D eigenvalue weighted by Crippen LogP contribution is 2.37. The van der Waals surface area contributed by atoms with Gasteiger partial charge in [0.2, 0.25) is 0 Å². The van der Waals surface area contributed by atoms with E-state index in [1.54, 1.807) is 6.08 Å². The zero-order valence-electron chi connectivity index (χ0n) is 12.4. The molecule has 0 bridgehead atoms. The Labute approximate surface area is 135 Å². The predicted molar refractivity (Wildman–Crippen MR) is 99.4 cm³/mol. The molecule has 0 amide bonds. The van der Waals surface area contributed by atoms with Crippen LogP contribution in [0.1, 0.15) is 18.0 Å². The molecule has 2 heteroatoms. The molecule has 0 fully saturated rings. The van der Waals surface area contributed by atoms with E-state index >= 15 is 0 Å². The van der Waals surface area contributed by atoms with Gasteiger partial charge in [-0.25, -0.2) is 0 Å². The fourth-order valence-electron chi connectivity index (χ4n) is 2.61. The Hall–Kier alpha value is -2.16. The van der Waals surface area contributed by atoms with Crippen molar-refractivity contribution < 1.29 is 0 Å². The van der Waals surface area contributed by atoms with Crippen LogP contribution in [0.2, 0.25) is 0 Å². The second-order valence-corrected chi connectivity index (χ2v) is 6.23. The van der Waals surface area contributed by atoms with E-state index in [1.807, 2.05) is 17.4 Å². The van der Waals surface area contributed by atoms with Gasteiger partial charge in [0.15, 0.2) is 0 Å². The second-order valence-electron chi connectivity index (χ2n) is 5.18. The standard InChI is InChI=1S/C20H19NS/c1-2-3-4-5-6-13-18(21)17-12-9-11-16-15-10-7-8-14-19(15)22-20(16)17/h2-4,6-14,18H,1,5,21H2/b4-3-,13-6+. The number of hydrogen-bond acceptors (Lipinski definition) is 2. The summed E-state index contributed by atoms with van der Waals surface area (Å²) in [6.45, 7) is 3.66. The highest BCUT2D eigenvalue weighted by molar-refractivity contribution is 7.26. The maximum atomic E-state index is 6.37. The molecule has 0 aliphatic carbocycles. The summed E-state index contributed by atoms with van der Waals surface area (Å²) in [6, 6.07) is 14.9. The predicted octanol–water partition coefficient (Wildman–Crippen LogP) is 5.74. The van der Waals surface area contributed by atoms with Crippen molar-refractivity contribution in [2.24, 2.45) is 5.73 Å². The van der Waals surface area contributed by atoms with Crippen molar-refractivity contribution in [3.8, 4) is 0 Å². The first-order chi connectivity index (χ1) is 10.8. The van der Waals surface area contributed by atoms with Crippen LogP contribution in [-0.2, 0) is 0 Å². The Kier molecular flexibility index (Phi) is 4.52. The molecule has 2 aromatic carbocycles. The van der Waals surface area contributed by atoms with Crippen LogP contribution in [0.4, 0.5) is 0 Å². The summed E-state index contributed by atoms with van der Waals surface area (Å²) in [5, 5.41) is 2.61. The molecule has 22 heavy (non-hydrogen) atoms. The normalized spacial score (nSPS) is 13.5. The Bertz CT molecular complexity index is 854. The lowest BCUT2D eigenvalue weighted by Gasteiger charge is -2.08. The first kappa shape index (κ1) is 14.8. The zero-order valence-corrected chi connectivity index (χ0v) is 13.2. The highest BCUT2D eigenvalue weighted by atomic mass is 32.1. The molecule has 0 radical (unpaired) electrons. The van der Waals surface area contributed by atoms with Crippen molar-refractivity contribution >= 4 is 31.5 Å². The number of benzene rings is 2. The highest BCUT2D eigenvalue weighted by Gasteiger charge is 2.11. The lowest BCUT2D eigenvalue weighted by molar-refractivity contribution is 0.919. The van der Waals surface area contributed by atoms with Crippen molar-refractivity contribution in [2.45, 2.75) is 12.5 Å². The second kappa shape index (κ2) is 6.73. The van der Waals surface area contributed by atoms with Crippen molar-refractivity contribution in [1.29, 1.82) is 0 Å². The quantitative estimate of drug-likeness (QED) is 0.472. The molecule has 3 rings (SSSR count). The van der Waals surface area contributed by atoms with Crippen molar-refractivity contribution in [2.75, 3.05) is 0 Å². The minimum Gasteiger partial charge on any atom is -0.321 e. The fourth-order valence-corrected chi connectivity index (χ4v) is 3.88. The minimum atomic E-state index is -0.0751. The number of nitrogens with two attached hydrogens (primary N) is 1. The van der Waals surface area contributed by atoms with E-state index in [-0.39, 0.29) is 6.04 Å². The summed E-state index contributed by atoms with van der Waals surface area (Å²) < 4.78 is 2.61. The van der Waals surface area contributed by atoms with Crippen LogP contribution in [0.25, 0.3) is 20.2 Å². The van der Waals surface area contributed by atoms with Gasteiger partial charge in [0.05, 0.1) is 0 Å². The Morgan fingerprint density at radius 1 is 1.05 bits per heavy atom. The molecule has 1 nitrogen and oxygen atoms in total. The molecule has 0 saturated carbocycles. The van der Waals surface area contributed by atoms with E-state index in [1.165, 1.54) is 25.7 Å². The van der Waals surface area contributed by atoms with Crippen LogP contribution in [0, 0.1) is 0 Å². The van der Waals surface area contributed by atoms with E-state index in [2.05, 4.69) is 67.3 Å². The largest absolute Gasteiger partial charge is 0.321 e. The Balaban J connectivity index is 1.96. The first-order valence-corrected chi connectivity index (χ1v) is 8.23. The number of thiophene rings is 1. The summed E-state index contributed by atoms with van der Waals surface area (Å²) in [7, 11) is 0. The lowest BCUT2D eigenvalue weighted by Crippen LogP contribution is -2.06. The van der Waals surface area contributed by atoms with Gasteiger partial charge in [0, 0.05) is 26.2 Å². The molecule has 1 aromatic heterocycles. The third kappa shape index (κ3) is 2.89. The van der Waals surface area contributed by atoms with Crippen LogP contribution in [0.15, 0.2) is 79.4 Å². The van der Waals surface area contributed by atoms with Gasteiger partial charge in [-0.1, -0.05) is 73.4 Å².